The standard InChI is InChI=1S/C28H24F4N4O4/c1-33-19-13-18-16(11-22(19)39-2)21(7-10-34-18)40-25-17(30)12-20(23(31)24(25)32)36-27(38)28(8-9-28)26(37)35-15-5-3-14(29)4-6-15/h3-7,11-13,33-34H,8-10H2,1-2H3,(H,35,37)(H,36,38). The fourth-order valence-electron chi connectivity index (χ4n) is 4.34. The van der Waals surface area contributed by atoms with Crippen LogP contribution in [0.15, 0.2) is 48.5 Å². The van der Waals surface area contributed by atoms with Crippen molar-refractivity contribution in [3.63, 3.8) is 0 Å². The van der Waals surface area contributed by atoms with Crippen LogP contribution in [0, 0.1) is 28.7 Å². The summed E-state index contributed by atoms with van der Waals surface area (Å²) in [7, 11) is 3.17. The second-order valence-electron chi connectivity index (χ2n) is 9.26. The van der Waals surface area contributed by atoms with Crippen molar-refractivity contribution in [2.75, 3.05) is 42.0 Å². The maximum Gasteiger partial charge on any atom is 0.240 e. The van der Waals surface area contributed by atoms with Crippen LogP contribution in [0.2, 0.25) is 0 Å². The molecule has 4 N–H and O–H groups in total. The summed E-state index contributed by atoms with van der Waals surface area (Å²) in [6, 6.07) is 8.82. The van der Waals surface area contributed by atoms with Gasteiger partial charge in [-0.2, -0.15) is 4.39 Å². The van der Waals surface area contributed by atoms with E-state index in [1.54, 1.807) is 19.2 Å². The highest BCUT2D eigenvalue weighted by Crippen LogP contribution is 2.48. The van der Waals surface area contributed by atoms with E-state index in [2.05, 4.69) is 21.3 Å². The van der Waals surface area contributed by atoms with E-state index in [-0.39, 0.29) is 30.8 Å². The zero-order chi connectivity index (χ0) is 28.6. The minimum absolute atomic E-state index is 0.0677. The van der Waals surface area contributed by atoms with Crippen LogP contribution < -0.4 is 30.7 Å². The van der Waals surface area contributed by atoms with Crippen LogP contribution in [0.25, 0.3) is 5.76 Å². The zero-order valence-corrected chi connectivity index (χ0v) is 21.4. The van der Waals surface area contributed by atoms with Crippen molar-refractivity contribution in [1.82, 2.24) is 0 Å². The highest BCUT2D eigenvalue weighted by molar-refractivity contribution is 6.17. The SMILES string of the molecule is CNc1cc2c(cc1OC)C(Oc1c(F)cc(NC(=O)C3(C(=O)Nc4ccc(F)cc4)CC3)c(F)c1F)=CCN2. The monoisotopic (exact) mass is 556 g/mol. The molecular weight excluding hydrogens is 532 g/mol. The van der Waals surface area contributed by atoms with Crippen LogP contribution in [0.5, 0.6) is 11.5 Å². The second-order valence-corrected chi connectivity index (χ2v) is 9.26. The molecule has 1 fully saturated rings. The molecule has 0 atom stereocenters. The van der Waals surface area contributed by atoms with Gasteiger partial charge in [0.15, 0.2) is 11.6 Å². The first-order valence-corrected chi connectivity index (χ1v) is 12.2. The van der Waals surface area contributed by atoms with Crippen LogP contribution in [0.1, 0.15) is 18.4 Å². The Hall–Kier alpha value is -4.74. The number of nitrogens with one attached hydrogen (secondary N) is 4. The van der Waals surface area contributed by atoms with Crippen molar-refractivity contribution < 1.29 is 36.6 Å². The van der Waals surface area contributed by atoms with Crippen molar-refractivity contribution in [3.05, 3.63) is 77.4 Å². The molecule has 1 aliphatic heterocycles. The Labute approximate surface area is 226 Å². The van der Waals surface area contributed by atoms with E-state index in [0.29, 0.717) is 28.8 Å². The van der Waals surface area contributed by atoms with Gasteiger partial charge in [-0.1, -0.05) is 0 Å². The van der Waals surface area contributed by atoms with Crippen LogP contribution in [-0.4, -0.2) is 32.5 Å². The Morgan fingerprint density at radius 3 is 2.27 bits per heavy atom. The van der Waals surface area contributed by atoms with E-state index >= 15 is 13.2 Å². The number of halogens is 4. The number of methoxy groups -OCH3 is 1. The molecule has 0 unspecified atom stereocenters. The Morgan fingerprint density at radius 1 is 0.925 bits per heavy atom. The maximum absolute atomic E-state index is 15.1. The van der Waals surface area contributed by atoms with Gasteiger partial charge in [-0.3, -0.25) is 9.59 Å². The first kappa shape index (κ1) is 26.9. The Bertz CT molecular complexity index is 1540. The summed E-state index contributed by atoms with van der Waals surface area (Å²) in [6.07, 6.45) is 1.81. The molecule has 1 aliphatic carbocycles. The summed E-state index contributed by atoms with van der Waals surface area (Å²) < 4.78 is 69.1. The van der Waals surface area contributed by atoms with Crippen molar-refractivity contribution in [3.8, 4) is 11.5 Å². The van der Waals surface area contributed by atoms with Gasteiger partial charge in [0.05, 0.1) is 18.5 Å². The Kier molecular flexibility index (Phi) is 7.01. The Balaban J connectivity index is 1.36. The van der Waals surface area contributed by atoms with Gasteiger partial charge < -0.3 is 30.7 Å². The quantitative estimate of drug-likeness (QED) is 0.166. The number of benzene rings is 3. The highest BCUT2D eigenvalue weighted by Gasteiger charge is 2.56. The van der Waals surface area contributed by atoms with Crippen LogP contribution in [0.3, 0.4) is 0 Å². The fraction of sp³-hybridized carbons (Fsp3) is 0.214. The lowest BCUT2D eigenvalue weighted by molar-refractivity contribution is -0.131. The number of carbonyl (C=O) groups excluding carboxylic acids is 2. The number of hydrogen-bond donors (Lipinski definition) is 4. The number of anilines is 4. The van der Waals surface area contributed by atoms with Crippen molar-refractivity contribution in [1.29, 1.82) is 0 Å². The number of hydrogen-bond acceptors (Lipinski definition) is 6. The maximum atomic E-state index is 15.1. The molecule has 0 bridgehead atoms. The molecule has 0 saturated heterocycles. The van der Waals surface area contributed by atoms with Gasteiger partial charge in [0.1, 0.15) is 22.7 Å². The molecular formula is C28H24F4N4O4. The molecule has 0 spiro atoms. The van der Waals surface area contributed by atoms with Gasteiger partial charge >= 0.3 is 0 Å². The topological polar surface area (TPSA) is 101 Å². The molecule has 1 saturated carbocycles. The zero-order valence-electron chi connectivity index (χ0n) is 21.4. The summed E-state index contributed by atoms with van der Waals surface area (Å²) in [5, 5.41) is 10.7. The third-order valence-corrected chi connectivity index (χ3v) is 6.75. The molecule has 2 amide bonds. The van der Waals surface area contributed by atoms with Gasteiger partial charge in [-0.25, -0.2) is 13.2 Å². The molecule has 208 valence electrons. The van der Waals surface area contributed by atoms with Crippen molar-refractivity contribution >= 4 is 40.3 Å². The minimum atomic E-state index is -1.66. The van der Waals surface area contributed by atoms with Gasteiger partial charge in [0, 0.05) is 36.6 Å². The molecule has 5 rings (SSSR count). The van der Waals surface area contributed by atoms with Crippen LogP contribution in [-0.2, 0) is 9.59 Å². The summed E-state index contributed by atoms with van der Waals surface area (Å²) >= 11 is 0. The smallest absolute Gasteiger partial charge is 0.240 e. The lowest BCUT2D eigenvalue weighted by atomic mass is 10.0. The van der Waals surface area contributed by atoms with E-state index in [0.717, 1.165) is 12.1 Å². The lowest BCUT2D eigenvalue weighted by Crippen LogP contribution is -2.36. The van der Waals surface area contributed by atoms with Crippen LogP contribution >= 0.6 is 0 Å². The second kappa shape index (κ2) is 10.4. The third kappa shape index (κ3) is 4.88. The molecule has 40 heavy (non-hydrogen) atoms. The number of carbonyl (C=O) groups is 2. The molecule has 1 heterocycles. The van der Waals surface area contributed by atoms with E-state index in [9.17, 15) is 14.0 Å². The van der Waals surface area contributed by atoms with Crippen LogP contribution in [0.4, 0.5) is 40.3 Å². The number of ether oxygens (including phenoxy) is 2. The van der Waals surface area contributed by atoms with Gasteiger partial charge in [0.25, 0.3) is 0 Å². The largest absolute Gasteiger partial charge is 0.495 e. The van der Waals surface area contributed by atoms with E-state index in [1.165, 1.54) is 25.3 Å². The summed E-state index contributed by atoms with van der Waals surface area (Å²) in [6.45, 7) is 0.278. The van der Waals surface area contributed by atoms with Gasteiger partial charge in [0.2, 0.25) is 23.4 Å². The molecule has 0 radical (unpaired) electrons. The molecule has 0 aromatic heterocycles. The summed E-state index contributed by atoms with van der Waals surface area (Å²) in [5.74, 6) is -7.11. The van der Waals surface area contributed by atoms with E-state index in [1.807, 2.05) is 0 Å². The lowest BCUT2D eigenvalue weighted by Gasteiger charge is -2.23. The number of amides is 2. The highest BCUT2D eigenvalue weighted by atomic mass is 19.2. The predicted molar refractivity (Wildman–Crippen MR) is 141 cm³/mol. The van der Waals surface area contributed by atoms with E-state index < -0.39 is 51.9 Å². The fourth-order valence-corrected chi connectivity index (χ4v) is 4.34. The summed E-state index contributed by atoms with van der Waals surface area (Å²) in [5.41, 5.74) is -0.393. The normalized spacial score (nSPS) is 14.7. The van der Waals surface area contributed by atoms with E-state index in [4.69, 9.17) is 9.47 Å². The molecule has 12 heteroatoms. The molecule has 3 aromatic rings. The van der Waals surface area contributed by atoms with Crippen molar-refractivity contribution in [2.24, 2.45) is 5.41 Å². The Morgan fingerprint density at radius 2 is 1.62 bits per heavy atom. The minimum Gasteiger partial charge on any atom is -0.495 e. The first-order chi connectivity index (χ1) is 19.2. The summed E-state index contributed by atoms with van der Waals surface area (Å²) in [4.78, 5) is 25.6. The first-order valence-electron chi connectivity index (χ1n) is 12.2. The third-order valence-electron chi connectivity index (χ3n) is 6.75. The molecule has 2 aliphatic rings. The van der Waals surface area contributed by atoms with Gasteiger partial charge in [-0.15, -0.1) is 0 Å². The molecule has 8 nitrogen and oxygen atoms in total. The molecule has 3 aromatic carbocycles. The predicted octanol–water partition coefficient (Wildman–Crippen LogP) is 5.50. The average molecular weight is 557 g/mol. The van der Waals surface area contributed by atoms with Crippen molar-refractivity contribution in [2.45, 2.75) is 12.8 Å². The number of rotatable bonds is 8. The number of fused-ring (bicyclic) bond motifs is 1. The average Bonchev–Trinajstić information content (AvgIpc) is 3.77. The van der Waals surface area contributed by atoms with Gasteiger partial charge in [-0.05, 0) is 55.3 Å².